The van der Waals surface area contributed by atoms with Crippen LogP contribution in [0.1, 0.15) is 18.9 Å². The summed E-state index contributed by atoms with van der Waals surface area (Å²) in [5, 5.41) is 11.0. The number of carbonyl (C=O) groups is 1. The molecule has 0 heterocycles. The topological polar surface area (TPSA) is 71.3 Å². The molecule has 0 saturated carbocycles. The van der Waals surface area contributed by atoms with E-state index in [-0.39, 0.29) is 12.3 Å². The molecule has 1 aromatic rings. The molecule has 0 radical (unpaired) electrons. The van der Waals surface area contributed by atoms with Crippen molar-refractivity contribution in [3.05, 3.63) is 23.8 Å². The fourth-order valence-electron chi connectivity index (χ4n) is 1.43. The van der Waals surface area contributed by atoms with Gasteiger partial charge < -0.3 is 14.8 Å². The first kappa shape index (κ1) is 13.8. The maximum Gasteiger partial charge on any atom is 0.234 e. The second-order valence-corrected chi connectivity index (χ2v) is 3.53. The number of benzene rings is 1. The zero-order chi connectivity index (χ0) is 13.4. The molecular weight excluding hydrogens is 232 g/mol. The molecule has 0 fully saturated rings. The predicted molar refractivity (Wildman–Crippen MR) is 66.2 cm³/mol. The van der Waals surface area contributed by atoms with Gasteiger partial charge in [-0.1, -0.05) is 6.07 Å². The number of amides is 1. The Balaban J connectivity index is 2.68. The van der Waals surface area contributed by atoms with Gasteiger partial charge in [-0.25, -0.2) is 0 Å². The quantitative estimate of drug-likeness (QED) is 0.830. The van der Waals surface area contributed by atoms with Crippen LogP contribution in [0.2, 0.25) is 0 Å². The van der Waals surface area contributed by atoms with Crippen molar-refractivity contribution in [3.63, 3.8) is 0 Å². The number of ether oxygens (including phenoxy) is 2. The molecule has 1 amide bonds. The molecule has 18 heavy (non-hydrogen) atoms. The molecule has 0 aromatic heterocycles. The molecule has 0 aliphatic rings. The van der Waals surface area contributed by atoms with Crippen LogP contribution in [0.3, 0.4) is 0 Å². The highest BCUT2D eigenvalue weighted by molar-refractivity contribution is 5.77. The fraction of sp³-hybridized carbons (Fsp3) is 0.385. The van der Waals surface area contributed by atoms with Crippen molar-refractivity contribution >= 4 is 5.91 Å². The zero-order valence-electron chi connectivity index (χ0n) is 10.5. The highest BCUT2D eigenvalue weighted by Gasteiger charge is 2.06. The van der Waals surface area contributed by atoms with E-state index in [0.29, 0.717) is 24.7 Å². The Labute approximate surface area is 106 Å². The summed E-state index contributed by atoms with van der Waals surface area (Å²) < 4.78 is 10.6. The van der Waals surface area contributed by atoms with Gasteiger partial charge in [0, 0.05) is 6.54 Å². The summed E-state index contributed by atoms with van der Waals surface area (Å²) in [4.78, 5) is 11.2. The summed E-state index contributed by atoms with van der Waals surface area (Å²) in [6.45, 7) is 2.83. The van der Waals surface area contributed by atoms with Crippen molar-refractivity contribution in [2.45, 2.75) is 19.9 Å². The van der Waals surface area contributed by atoms with Crippen molar-refractivity contribution in [1.29, 1.82) is 5.26 Å². The van der Waals surface area contributed by atoms with E-state index < -0.39 is 0 Å². The van der Waals surface area contributed by atoms with Gasteiger partial charge in [-0.05, 0) is 24.6 Å². The Morgan fingerprint density at radius 1 is 1.44 bits per heavy atom. The van der Waals surface area contributed by atoms with Crippen LogP contribution in [0.4, 0.5) is 0 Å². The molecular formula is C13H16N2O3. The van der Waals surface area contributed by atoms with Crippen LogP contribution in [0.15, 0.2) is 18.2 Å². The van der Waals surface area contributed by atoms with E-state index in [0.717, 1.165) is 5.56 Å². The number of nitrogens with zero attached hydrogens (tertiary/aromatic N) is 1. The minimum Gasteiger partial charge on any atom is -0.493 e. The lowest BCUT2D eigenvalue weighted by atomic mass is 10.2. The summed E-state index contributed by atoms with van der Waals surface area (Å²) in [5.41, 5.74) is 0.890. The van der Waals surface area contributed by atoms with E-state index >= 15 is 0 Å². The van der Waals surface area contributed by atoms with Gasteiger partial charge >= 0.3 is 0 Å². The Morgan fingerprint density at radius 2 is 2.22 bits per heavy atom. The number of nitrogens with one attached hydrogen (secondary N) is 1. The van der Waals surface area contributed by atoms with Gasteiger partial charge in [0.15, 0.2) is 11.5 Å². The van der Waals surface area contributed by atoms with E-state index in [1.54, 1.807) is 25.3 Å². The summed E-state index contributed by atoms with van der Waals surface area (Å²) in [6.07, 6.45) is -0.131. The van der Waals surface area contributed by atoms with Crippen molar-refractivity contribution < 1.29 is 14.3 Å². The molecule has 96 valence electrons. The Morgan fingerprint density at radius 3 is 2.83 bits per heavy atom. The van der Waals surface area contributed by atoms with E-state index in [1.807, 2.05) is 13.0 Å². The van der Waals surface area contributed by atoms with Crippen molar-refractivity contribution in [2.75, 3.05) is 13.7 Å². The highest BCUT2D eigenvalue weighted by atomic mass is 16.5. The Hall–Kier alpha value is -2.22. The maximum atomic E-state index is 11.2. The van der Waals surface area contributed by atoms with Gasteiger partial charge in [0.2, 0.25) is 5.91 Å². The number of carbonyl (C=O) groups excluding carboxylic acids is 1. The average Bonchev–Trinajstić information content (AvgIpc) is 2.38. The van der Waals surface area contributed by atoms with Gasteiger partial charge in [-0.3, -0.25) is 4.79 Å². The lowest BCUT2D eigenvalue weighted by Crippen LogP contribution is -2.21. The first-order chi connectivity index (χ1) is 8.71. The van der Waals surface area contributed by atoms with E-state index in [4.69, 9.17) is 14.7 Å². The minimum atomic E-state index is -0.287. The van der Waals surface area contributed by atoms with E-state index in [2.05, 4.69) is 5.32 Å². The van der Waals surface area contributed by atoms with E-state index in [9.17, 15) is 4.79 Å². The number of methoxy groups -OCH3 is 1. The monoisotopic (exact) mass is 248 g/mol. The van der Waals surface area contributed by atoms with Crippen LogP contribution >= 0.6 is 0 Å². The first-order valence-electron chi connectivity index (χ1n) is 5.64. The maximum absolute atomic E-state index is 11.2. The molecule has 1 aromatic carbocycles. The van der Waals surface area contributed by atoms with Crippen LogP contribution in [0.25, 0.3) is 0 Å². The molecule has 5 nitrogen and oxygen atoms in total. The lowest BCUT2D eigenvalue weighted by Gasteiger charge is -2.11. The molecule has 0 aliphatic carbocycles. The number of nitriles is 1. The molecule has 1 rings (SSSR count). The van der Waals surface area contributed by atoms with Crippen molar-refractivity contribution in [1.82, 2.24) is 5.32 Å². The fourth-order valence-corrected chi connectivity index (χ4v) is 1.43. The zero-order valence-corrected chi connectivity index (χ0v) is 10.5. The number of hydrogen-bond acceptors (Lipinski definition) is 4. The molecule has 0 aliphatic heterocycles. The molecule has 0 saturated heterocycles. The second kappa shape index (κ2) is 7.17. The standard InChI is InChI=1S/C13H16N2O3/c1-3-18-11-5-4-10(8-12(11)17-2)9-15-13(16)6-7-14/h4-5,8H,3,6,9H2,1-2H3,(H,15,16). The summed E-state index contributed by atoms with van der Waals surface area (Å²) in [7, 11) is 1.57. The Bertz CT molecular complexity index is 452. The van der Waals surface area contributed by atoms with Crippen LogP contribution < -0.4 is 14.8 Å². The van der Waals surface area contributed by atoms with Gasteiger partial charge in [-0.15, -0.1) is 0 Å². The average molecular weight is 248 g/mol. The largest absolute Gasteiger partial charge is 0.493 e. The van der Waals surface area contributed by atoms with Crippen molar-refractivity contribution in [3.8, 4) is 17.6 Å². The summed E-state index contributed by atoms with van der Waals surface area (Å²) in [5.74, 6) is 1.02. The van der Waals surface area contributed by atoms with Crippen LogP contribution in [-0.2, 0) is 11.3 Å². The van der Waals surface area contributed by atoms with Crippen LogP contribution in [0.5, 0.6) is 11.5 Å². The SMILES string of the molecule is CCOc1ccc(CNC(=O)CC#N)cc1OC. The lowest BCUT2D eigenvalue weighted by molar-refractivity contribution is -0.120. The summed E-state index contributed by atoms with van der Waals surface area (Å²) in [6, 6.07) is 7.25. The number of hydrogen-bond donors (Lipinski definition) is 1. The van der Waals surface area contributed by atoms with Gasteiger partial charge in [0.05, 0.1) is 19.8 Å². The molecule has 0 bridgehead atoms. The minimum absolute atomic E-state index is 0.131. The third-order valence-corrected chi connectivity index (χ3v) is 2.26. The predicted octanol–water partition coefficient (Wildman–Crippen LogP) is 1.62. The molecule has 0 atom stereocenters. The third kappa shape index (κ3) is 3.98. The molecule has 0 unspecified atom stereocenters. The first-order valence-corrected chi connectivity index (χ1v) is 5.64. The third-order valence-electron chi connectivity index (χ3n) is 2.26. The summed E-state index contributed by atoms with van der Waals surface area (Å²) >= 11 is 0. The van der Waals surface area contributed by atoms with Crippen LogP contribution in [0, 0.1) is 11.3 Å². The van der Waals surface area contributed by atoms with Crippen LogP contribution in [-0.4, -0.2) is 19.6 Å². The second-order valence-electron chi connectivity index (χ2n) is 3.53. The highest BCUT2D eigenvalue weighted by Crippen LogP contribution is 2.27. The van der Waals surface area contributed by atoms with Gasteiger partial charge in [-0.2, -0.15) is 5.26 Å². The molecule has 0 spiro atoms. The van der Waals surface area contributed by atoms with Crippen molar-refractivity contribution in [2.24, 2.45) is 0 Å². The van der Waals surface area contributed by atoms with Gasteiger partial charge in [0.1, 0.15) is 6.42 Å². The number of rotatable bonds is 6. The Kier molecular flexibility index (Phi) is 5.52. The normalized spacial score (nSPS) is 9.39. The van der Waals surface area contributed by atoms with E-state index in [1.165, 1.54) is 0 Å². The van der Waals surface area contributed by atoms with Gasteiger partial charge in [0.25, 0.3) is 0 Å². The molecule has 5 heteroatoms. The smallest absolute Gasteiger partial charge is 0.234 e. The molecule has 1 N–H and O–H groups in total.